The van der Waals surface area contributed by atoms with Crippen LogP contribution in [0.25, 0.3) is 10.6 Å². The van der Waals surface area contributed by atoms with Gasteiger partial charge < -0.3 is 4.74 Å². The van der Waals surface area contributed by atoms with Crippen LogP contribution in [-0.2, 0) is 40.5 Å². The van der Waals surface area contributed by atoms with Gasteiger partial charge in [-0.15, -0.1) is 21.5 Å². The molecule has 13 heteroatoms. The molecule has 1 N–H and O–H groups in total. The van der Waals surface area contributed by atoms with E-state index in [1.165, 1.54) is 11.1 Å². The fourth-order valence-electron chi connectivity index (χ4n) is 7.51. The van der Waals surface area contributed by atoms with E-state index in [-0.39, 0.29) is 12.8 Å². The summed E-state index contributed by atoms with van der Waals surface area (Å²) in [6.07, 6.45) is 7.15. The third-order valence-corrected chi connectivity index (χ3v) is 11.4. The van der Waals surface area contributed by atoms with E-state index in [4.69, 9.17) is 4.74 Å². The molecule has 53 heavy (non-hydrogen) atoms. The van der Waals surface area contributed by atoms with Crippen molar-refractivity contribution in [2.75, 3.05) is 0 Å². The quantitative estimate of drug-likeness (QED) is 0.176. The van der Waals surface area contributed by atoms with Crippen LogP contribution in [0.5, 0.6) is 0 Å². The van der Waals surface area contributed by atoms with Crippen molar-refractivity contribution in [2.45, 2.75) is 71.2 Å². The maximum atomic E-state index is 13.5. The molecule has 0 saturated carbocycles. The number of ether oxygens (including phenoxy) is 1. The number of benzene rings is 2. The average Bonchev–Trinajstić information content (AvgIpc) is 3.34. The molecule has 0 spiro atoms. The van der Waals surface area contributed by atoms with Crippen LogP contribution >= 0.6 is 11.3 Å². The summed E-state index contributed by atoms with van der Waals surface area (Å²) in [6.45, 7) is 3.55. The molecule has 264 valence electrons. The summed E-state index contributed by atoms with van der Waals surface area (Å²) in [6, 6.07) is 14.7. The fraction of sp³-hybridized carbons (Fsp3) is 0.275. The van der Waals surface area contributed by atoms with Crippen LogP contribution in [0.15, 0.2) is 66.5 Å². The predicted octanol–water partition coefficient (Wildman–Crippen LogP) is 4.89. The number of nitrogens with one attached hydrogen (secondary N) is 1. The number of nitrogens with zero attached hydrogens (tertiary/aromatic N) is 6. The third kappa shape index (κ3) is 5.99. The second-order valence-electron chi connectivity index (χ2n) is 13.6. The summed E-state index contributed by atoms with van der Waals surface area (Å²) >= 11 is 1.64. The standard InChI is InChI=1S/C40H33N7O5S/c1-23-43-44-34-22-52-21-31-30(17-24-7-3-2-4-8-24)33(53-40(31)46(23)34)14-12-25-19-41-45(20-25)16-6-9-26-18-29(26)27-10-5-11-28-36(27)39(51)47(38(28)50)32-13-15-35(48)42-37(32)49/h2-5,7-8,10-11,19-20,32H,6,9,13,15-18,21-22H2,1H3,(H,42,48,49). The lowest BCUT2D eigenvalue weighted by atomic mass is 10.0. The molecule has 1 saturated heterocycles. The van der Waals surface area contributed by atoms with Gasteiger partial charge in [-0.1, -0.05) is 59.9 Å². The lowest BCUT2D eigenvalue weighted by molar-refractivity contribution is -0.136. The third-order valence-electron chi connectivity index (χ3n) is 10.2. The lowest BCUT2D eigenvalue weighted by Crippen LogP contribution is -2.54. The fourth-order valence-corrected chi connectivity index (χ4v) is 8.75. The van der Waals surface area contributed by atoms with Crippen molar-refractivity contribution in [1.82, 2.24) is 34.8 Å². The summed E-state index contributed by atoms with van der Waals surface area (Å²) in [5.41, 5.74) is 8.02. The molecule has 9 rings (SSSR count). The number of aryl methyl sites for hydroxylation is 2. The van der Waals surface area contributed by atoms with Gasteiger partial charge in [-0.25, -0.2) is 0 Å². The smallest absolute Gasteiger partial charge is 0.262 e. The Bertz CT molecular complexity index is 2460. The van der Waals surface area contributed by atoms with Gasteiger partial charge in [0.25, 0.3) is 11.8 Å². The van der Waals surface area contributed by atoms with Crippen molar-refractivity contribution in [3.8, 4) is 16.8 Å². The SMILES string of the molecule is Cc1nnc2n1-c1sc(C#Cc3cnn(CCCC4=C(c5cccc6c5C(=O)N(C5CCC(=O)NC5=O)C6=O)C4)c3)c(Cc3ccccc3)c1COC2. The van der Waals surface area contributed by atoms with Gasteiger partial charge in [0.2, 0.25) is 11.8 Å². The Morgan fingerprint density at radius 1 is 0.981 bits per heavy atom. The Morgan fingerprint density at radius 2 is 1.83 bits per heavy atom. The molecule has 0 bridgehead atoms. The molecule has 5 aromatic rings. The van der Waals surface area contributed by atoms with E-state index in [2.05, 4.69) is 61.3 Å². The first kappa shape index (κ1) is 32.9. The molecule has 1 unspecified atom stereocenters. The van der Waals surface area contributed by atoms with Crippen LogP contribution in [0, 0.1) is 18.8 Å². The van der Waals surface area contributed by atoms with E-state index in [0.717, 1.165) is 79.9 Å². The van der Waals surface area contributed by atoms with E-state index in [0.29, 0.717) is 30.9 Å². The minimum Gasteiger partial charge on any atom is -0.369 e. The number of carbonyl (C=O) groups excluding carboxylic acids is 4. The largest absolute Gasteiger partial charge is 0.369 e. The summed E-state index contributed by atoms with van der Waals surface area (Å²) in [4.78, 5) is 53.0. The molecule has 1 atom stereocenters. The average molecular weight is 724 g/mol. The van der Waals surface area contributed by atoms with Crippen molar-refractivity contribution < 1.29 is 23.9 Å². The van der Waals surface area contributed by atoms with Crippen LogP contribution in [-0.4, -0.2) is 59.1 Å². The van der Waals surface area contributed by atoms with E-state index in [9.17, 15) is 19.2 Å². The normalized spacial score (nSPS) is 17.6. The number of piperidine rings is 1. The highest BCUT2D eigenvalue weighted by Gasteiger charge is 2.46. The minimum absolute atomic E-state index is 0.0869. The summed E-state index contributed by atoms with van der Waals surface area (Å²) < 4.78 is 10.0. The van der Waals surface area contributed by atoms with Gasteiger partial charge in [-0.3, -0.25) is 38.6 Å². The number of hydrogen-bond donors (Lipinski definition) is 1. The second kappa shape index (κ2) is 13.2. The molecule has 4 aliphatic rings. The van der Waals surface area contributed by atoms with Gasteiger partial charge in [0.1, 0.15) is 23.5 Å². The molecule has 12 nitrogen and oxygen atoms in total. The number of allylic oxidation sites excluding steroid dienone is 2. The van der Waals surface area contributed by atoms with Crippen molar-refractivity contribution >= 4 is 40.5 Å². The Morgan fingerprint density at radius 3 is 2.68 bits per heavy atom. The first-order valence-corrected chi connectivity index (χ1v) is 18.4. The number of imide groups is 2. The molecule has 3 aromatic heterocycles. The predicted molar refractivity (Wildman–Crippen MR) is 194 cm³/mol. The zero-order valence-corrected chi connectivity index (χ0v) is 29.7. The van der Waals surface area contributed by atoms with Gasteiger partial charge in [0.05, 0.1) is 34.4 Å². The molecule has 6 heterocycles. The maximum Gasteiger partial charge on any atom is 0.262 e. The molecule has 1 aliphatic carbocycles. The monoisotopic (exact) mass is 723 g/mol. The number of fused-ring (bicyclic) bond motifs is 4. The Labute approximate surface area is 308 Å². The highest BCUT2D eigenvalue weighted by atomic mass is 32.1. The van der Waals surface area contributed by atoms with Crippen LogP contribution in [0.3, 0.4) is 0 Å². The molecule has 3 aliphatic heterocycles. The Balaban J connectivity index is 0.894. The lowest BCUT2D eigenvalue weighted by Gasteiger charge is -2.27. The molecule has 2 aromatic carbocycles. The van der Waals surface area contributed by atoms with Gasteiger partial charge in [0, 0.05) is 24.7 Å². The van der Waals surface area contributed by atoms with Crippen LogP contribution < -0.4 is 5.32 Å². The number of thiophene rings is 1. The highest BCUT2D eigenvalue weighted by Crippen LogP contribution is 2.46. The number of amides is 4. The van der Waals surface area contributed by atoms with Gasteiger partial charge in [-0.2, -0.15) is 5.10 Å². The summed E-state index contributed by atoms with van der Waals surface area (Å²) in [5.74, 6) is 6.44. The Hall–Kier alpha value is -5.97. The van der Waals surface area contributed by atoms with Gasteiger partial charge in [-0.05, 0) is 67.4 Å². The zero-order valence-electron chi connectivity index (χ0n) is 28.8. The van der Waals surface area contributed by atoms with E-state index in [1.807, 2.05) is 29.9 Å². The van der Waals surface area contributed by atoms with Crippen LogP contribution in [0.1, 0.15) is 97.2 Å². The van der Waals surface area contributed by atoms with Crippen LogP contribution in [0.2, 0.25) is 0 Å². The summed E-state index contributed by atoms with van der Waals surface area (Å²) in [7, 11) is 0. The number of carbonyl (C=O) groups is 4. The van der Waals surface area contributed by atoms with E-state index >= 15 is 0 Å². The zero-order chi connectivity index (χ0) is 36.2. The maximum absolute atomic E-state index is 13.5. The van der Waals surface area contributed by atoms with Crippen molar-refractivity contribution in [3.05, 3.63) is 122 Å². The van der Waals surface area contributed by atoms with Crippen molar-refractivity contribution in [1.29, 1.82) is 0 Å². The molecule has 0 radical (unpaired) electrons. The van der Waals surface area contributed by atoms with E-state index in [1.54, 1.807) is 29.7 Å². The van der Waals surface area contributed by atoms with Crippen LogP contribution in [0.4, 0.5) is 0 Å². The number of hydrogen-bond acceptors (Lipinski definition) is 9. The second-order valence-corrected chi connectivity index (χ2v) is 14.6. The first-order chi connectivity index (χ1) is 25.8. The number of rotatable bonds is 8. The van der Waals surface area contributed by atoms with Gasteiger partial charge in [0.15, 0.2) is 5.82 Å². The van der Waals surface area contributed by atoms with Crippen molar-refractivity contribution in [2.24, 2.45) is 0 Å². The summed E-state index contributed by atoms with van der Waals surface area (Å²) in [5, 5.41) is 16.5. The first-order valence-electron chi connectivity index (χ1n) is 17.6. The molecule has 1 fully saturated rings. The number of aromatic nitrogens is 5. The minimum atomic E-state index is -0.984. The van der Waals surface area contributed by atoms with Crippen molar-refractivity contribution in [3.63, 3.8) is 0 Å². The molecular weight excluding hydrogens is 691 g/mol. The van der Waals surface area contributed by atoms with E-state index < -0.39 is 29.7 Å². The highest BCUT2D eigenvalue weighted by molar-refractivity contribution is 7.15. The topological polar surface area (TPSA) is 141 Å². The Kier molecular flexibility index (Phi) is 8.21. The molecule has 4 amide bonds. The van der Waals surface area contributed by atoms with Gasteiger partial charge >= 0.3 is 0 Å². The molecular formula is C40H33N7O5S.